The molecule has 0 aliphatic heterocycles. The van der Waals surface area contributed by atoms with E-state index in [0.717, 1.165) is 26.1 Å². The van der Waals surface area contributed by atoms with Gasteiger partial charge in [0.05, 0.1) is 5.52 Å². The number of aromatic nitrogens is 2. The maximum Gasteiger partial charge on any atom is 0.131 e. The van der Waals surface area contributed by atoms with Gasteiger partial charge >= 0.3 is 0 Å². The van der Waals surface area contributed by atoms with Gasteiger partial charge < -0.3 is 4.74 Å². The molecule has 3 nitrogen and oxygen atoms in total. The van der Waals surface area contributed by atoms with Crippen LogP contribution in [0.5, 0.6) is 11.5 Å². The van der Waals surface area contributed by atoms with Gasteiger partial charge in [-0.15, -0.1) is 0 Å². The Morgan fingerprint density at radius 3 is 2.74 bits per heavy atom. The third-order valence-corrected chi connectivity index (χ3v) is 3.84. The molecule has 0 saturated heterocycles. The molecule has 0 amide bonds. The average molecular weight is 385 g/mol. The molecule has 0 unspecified atom stereocenters. The minimum Gasteiger partial charge on any atom is -0.457 e. The third-order valence-electron chi connectivity index (χ3n) is 2.81. The lowest BCUT2D eigenvalue weighted by atomic mass is 10.2. The number of hydrogen-bond acceptors (Lipinski definition) is 2. The normalized spacial score (nSPS) is 10.9. The highest BCUT2D eigenvalue weighted by atomic mass is 127. The number of halogens is 2. The number of ether oxygens (including phenoxy) is 1. The molecule has 96 valence electrons. The Hall–Kier alpha value is -1.27. The van der Waals surface area contributed by atoms with E-state index in [-0.39, 0.29) is 0 Å². The van der Waals surface area contributed by atoms with E-state index in [1.807, 2.05) is 48.1 Å². The highest BCUT2D eigenvalue weighted by molar-refractivity contribution is 14.1. The second-order valence-corrected chi connectivity index (χ2v) is 5.61. The monoisotopic (exact) mass is 384 g/mol. The predicted molar refractivity (Wildman–Crippen MR) is 85.0 cm³/mol. The van der Waals surface area contributed by atoms with Crippen LogP contribution in [0.4, 0.5) is 0 Å². The van der Waals surface area contributed by atoms with Crippen LogP contribution in [0.15, 0.2) is 42.5 Å². The number of nitrogens with zero attached hydrogens (tertiary/aromatic N) is 2. The van der Waals surface area contributed by atoms with Crippen molar-refractivity contribution in [1.29, 1.82) is 0 Å². The largest absolute Gasteiger partial charge is 0.457 e. The van der Waals surface area contributed by atoms with Crippen molar-refractivity contribution in [2.24, 2.45) is 7.05 Å². The minimum absolute atomic E-state index is 0.662. The van der Waals surface area contributed by atoms with E-state index in [9.17, 15) is 0 Å². The van der Waals surface area contributed by atoms with Crippen molar-refractivity contribution < 1.29 is 4.74 Å². The van der Waals surface area contributed by atoms with Crippen LogP contribution >= 0.6 is 34.2 Å². The third kappa shape index (κ3) is 2.55. The molecule has 3 aromatic rings. The van der Waals surface area contributed by atoms with Gasteiger partial charge in [-0.2, -0.15) is 5.10 Å². The summed E-state index contributed by atoms with van der Waals surface area (Å²) in [6.45, 7) is 0. The lowest BCUT2D eigenvalue weighted by Crippen LogP contribution is -1.89. The Kier molecular flexibility index (Phi) is 3.36. The average Bonchev–Trinajstić information content (AvgIpc) is 2.65. The summed E-state index contributed by atoms with van der Waals surface area (Å²) < 4.78 is 8.63. The van der Waals surface area contributed by atoms with E-state index in [1.54, 1.807) is 6.07 Å². The Labute approximate surface area is 129 Å². The SMILES string of the molecule is Cn1nc(I)c2cc(Oc3cccc(Cl)c3)ccc21. The van der Waals surface area contributed by atoms with Gasteiger partial charge in [0.15, 0.2) is 0 Å². The maximum atomic E-state index is 5.94. The maximum absolute atomic E-state index is 5.94. The smallest absolute Gasteiger partial charge is 0.131 e. The van der Waals surface area contributed by atoms with Gasteiger partial charge in [0.25, 0.3) is 0 Å². The number of benzene rings is 2. The standard InChI is InChI=1S/C14H10ClIN2O/c1-18-13-6-5-11(8-12(13)14(16)17-18)19-10-4-2-3-9(15)7-10/h2-8H,1H3. The van der Waals surface area contributed by atoms with Crippen LogP contribution in [0.3, 0.4) is 0 Å². The molecule has 0 aliphatic rings. The second kappa shape index (κ2) is 5.02. The lowest BCUT2D eigenvalue weighted by molar-refractivity contribution is 0.483. The topological polar surface area (TPSA) is 27.1 Å². The number of fused-ring (bicyclic) bond motifs is 1. The summed E-state index contributed by atoms with van der Waals surface area (Å²) in [6.07, 6.45) is 0. The predicted octanol–water partition coefficient (Wildman–Crippen LogP) is 4.62. The first kappa shape index (κ1) is 12.7. The van der Waals surface area contributed by atoms with Gasteiger partial charge in [0.1, 0.15) is 15.2 Å². The van der Waals surface area contributed by atoms with Gasteiger partial charge in [0, 0.05) is 17.5 Å². The van der Waals surface area contributed by atoms with E-state index in [2.05, 4.69) is 27.7 Å². The molecule has 3 rings (SSSR count). The molecule has 0 radical (unpaired) electrons. The number of hydrogen-bond donors (Lipinski definition) is 0. The summed E-state index contributed by atoms with van der Waals surface area (Å²) in [5.74, 6) is 1.51. The summed E-state index contributed by atoms with van der Waals surface area (Å²) in [4.78, 5) is 0. The van der Waals surface area contributed by atoms with Gasteiger partial charge in [-0.05, 0) is 59.0 Å². The molecular weight excluding hydrogens is 375 g/mol. The molecule has 19 heavy (non-hydrogen) atoms. The fourth-order valence-corrected chi connectivity index (χ4v) is 2.87. The van der Waals surface area contributed by atoms with Crippen LogP contribution in [0.25, 0.3) is 10.9 Å². The molecule has 2 aromatic carbocycles. The van der Waals surface area contributed by atoms with Crippen molar-refractivity contribution in [3.63, 3.8) is 0 Å². The summed E-state index contributed by atoms with van der Waals surface area (Å²) in [6, 6.07) is 13.3. The zero-order valence-corrected chi connectivity index (χ0v) is 13.0. The fraction of sp³-hybridized carbons (Fsp3) is 0.0714. The van der Waals surface area contributed by atoms with Crippen molar-refractivity contribution in [3.05, 3.63) is 51.2 Å². The molecule has 1 heterocycles. The quantitative estimate of drug-likeness (QED) is 0.603. The summed E-state index contributed by atoms with van der Waals surface area (Å²) in [5.41, 5.74) is 1.09. The van der Waals surface area contributed by atoms with Crippen LogP contribution in [-0.2, 0) is 7.05 Å². The molecular formula is C14H10ClIN2O. The van der Waals surface area contributed by atoms with Gasteiger partial charge in [-0.25, -0.2) is 0 Å². The highest BCUT2D eigenvalue weighted by Gasteiger charge is 2.07. The zero-order chi connectivity index (χ0) is 13.4. The van der Waals surface area contributed by atoms with Gasteiger partial charge in [-0.1, -0.05) is 17.7 Å². The van der Waals surface area contributed by atoms with E-state index >= 15 is 0 Å². The van der Waals surface area contributed by atoms with Crippen molar-refractivity contribution >= 4 is 45.1 Å². The van der Waals surface area contributed by atoms with Gasteiger partial charge in [-0.3, -0.25) is 4.68 Å². The van der Waals surface area contributed by atoms with E-state index in [1.165, 1.54) is 0 Å². The van der Waals surface area contributed by atoms with Crippen molar-refractivity contribution in [2.75, 3.05) is 0 Å². The second-order valence-electron chi connectivity index (χ2n) is 4.15. The van der Waals surface area contributed by atoms with E-state index in [0.29, 0.717) is 5.02 Å². The molecule has 0 aliphatic carbocycles. The first-order valence-electron chi connectivity index (χ1n) is 5.69. The Morgan fingerprint density at radius 1 is 1.16 bits per heavy atom. The van der Waals surface area contributed by atoms with Crippen LogP contribution < -0.4 is 4.74 Å². The Balaban J connectivity index is 2.00. The molecule has 0 bridgehead atoms. The van der Waals surface area contributed by atoms with Crippen molar-refractivity contribution in [1.82, 2.24) is 9.78 Å². The molecule has 1 aromatic heterocycles. The van der Waals surface area contributed by atoms with Crippen LogP contribution in [0, 0.1) is 3.70 Å². The molecule has 0 atom stereocenters. The molecule has 0 fully saturated rings. The summed E-state index contributed by atoms with van der Waals surface area (Å²) in [7, 11) is 1.93. The number of rotatable bonds is 2. The minimum atomic E-state index is 0.662. The molecule has 5 heteroatoms. The Bertz CT molecular complexity index is 754. The summed E-state index contributed by atoms with van der Waals surface area (Å²) in [5, 5.41) is 6.13. The zero-order valence-electron chi connectivity index (χ0n) is 10.1. The van der Waals surface area contributed by atoms with Crippen LogP contribution in [0.1, 0.15) is 0 Å². The summed E-state index contributed by atoms with van der Waals surface area (Å²) >= 11 is 8.16. The first-order chi connectivity index (χ1) is 9.13. The van der Waals surface area contributed by atoms with E-state index in [4.69, 9.17) is 16.3 Å². The Morgan fingerprint density at radius 2 is 1.95 bits per heavy atom. The van der Waals surface area contributed by atoms with Crippen LogP contribution in [-0.4, -0.2) is 9.78 Å². The molecule has 0 spiro atoms. The van der Waals surface area contributed by atoms with Crippen molar-refractivity contribution in [3.8, 4) is 11.5 Å². The van der Waals surface area contributed by atoms with Crippen molar-refractivity contribution in [2.45, 2.75) is 0 Å². The number of aryl methyl sites for hydroxylation is 1. The van der Waals surface area contributed by atoms with E-state index < -0.39 is 0 Å². The van der Waals surface area contributed by atoms with Gasteiger partial charge in [0.2, 0.25) is 0 Å². The molecule has 0 saturated carbocycles. The first-order valence-corrected chi connectivity index (χ1v) is 7.15. The lowest BCUT2D eigenvalue weighted by Gasteiger charge is -2.06. The molecule has 0 N–H and O–H groups in total. The highest BCUT2D eigenvalue weighted by Crippen LogP contribution is 2.28. The fourth-order valence-electron chi connectivity index (χ4n) is 1.93. The van der Waals surface area contributed by atoms with Crippen LogP contribution in [0.2, 0.25) is 5.02 Å².